The predicted molar refractivity (Wildman–Crippen MR) is 85.0 cm³/mol. The van der Waals surface area contributed by atoms with Crippen molar-refractivity contribution in [1.82, 2.24) is 4.90 Å². The van der Waals surface area contributed by atoms with Gasteiger partial charge in [0.1, 0.15) is 5.75 Å². The Balaban J connectivity index is 2.11. The van der Waals surface area contributed by atoms with Crippen molar-refractivity contribution in [2.45, 2.75) is 58.5 Å². The Morgan fingerprint density at radius 1 is 1.20 bits per heavy atom. The smallest absolute Gasteiger partial charge is 0.123 e. The third-order valence-corrected chi connectivity index (χ3v) is 4.26. The van der Waals surface area contributed by atoms with Crippen molar-refractivity contribution in [2.75, 3.05) is 18.9 Å². The normalized spacial score (nSPS) is 16.6. The molecular weight excluding hydrogens is 248 g/mol. The first-order valence-corrected chi connectivity index (χ1v) is 7.99. The fourth-order valence-corrected chi connectivity index (χ4v) is 3.18. The largest absolute Gasteiger partial charge is 0.494 e. The zero-order chi connectivity index (χ0) is 14.4. The van der Waals surface area contributed by atoms with Crippen LogP contribution >= 0.6 is 0 Å². The number of nitrogens with two attached hydrogens (primary N) is 1. The van der Waals surface area contributed by atoms with E-state index in [-0.39, 0.29) is 0 Å². The summed E-state index contributed by atoms with van der Waals surface area (Å²) in [5.41, 5.74) is 7.99. The lowest BCUT2D eigenvalue weighted by Crippen LogP contribution is -2.36. The topological polar surface area (TPSA) is 38.5 Å². The molecule has 1 aromatic rings. The van der Waals surface area contributed by atoms with E-state index in [1.54, 1.807) is 0 Å². The Kier molecular flexibility index (Phi) is 5.72. The predicted octanol–water partition coefficient (Wildman–Crippen LogP) is 3.82. The maximum absolute atomic E-state index is 5.95. The van der Waals surface area contributed by atoms with Gasteiger partial charge in [0.2, 0.25) is 0 Å². The molecule has 1 aliphatic rings. The van der Waals surface area contributed by atoms with E-state index in [1.807, 2.05) is 19.1 Å². The standard InChI is InChI=1S/C17H28N2O/c1-3-19(16-8-6-5-7-9-16)13-14-12-15(18)10-11-17(14)20-4-2/h10-12,16H,3-9,13,18H2,1-2H3. The second-order valence-corrected chi connectivity index (χ2v) is 5.66. The van der Waals surface area contributed by atoms with Gasteiger partial charge in [0.05, 0.1) is 6.61 Å². The minimum absolute atomic E-state index is 0.701. The van der Waals surface area contributed by atoms with Gasteiger partial charge in [0, 0.05) is 23.8 Å². The second-order valence-electron chi connectivity index (χ2n) is 5.66. The van der Waals surface area contributed by atoms with Gasteiger partial charge in [-0.05, 0) is 44.5 Å². The number of benzene rings is 1. The maximum Gasteiger partial charge on any atom is 0.123 e. The number of anilines is 1. The maximum atomic E-state index is 5.95. The molecular formula is C17H28N2O. The van der Waals surface area contributed by atoms with Crippen LogP contribution in [0.2, 0.25) is 0 Å². The Bertz CT molecular complexity index is 413. The van der Waals surface area contributed by atoms with Crippen LogP contribution in [0.15, 0.2) is 18.2 Å². The zero-order valence-electron chi connectivity index (χ0n) is 12.9. The van der Waals surface area contributed by atoms with Crippen LogP contribution < -0.4 is 10.5 Å². The van der Waals surface area contributed by atoms with E-state index in [2.05, 4.69) is 17.9 Å². The summed E-state index contributed by atoms with van der Waals surface area (Å²) >= 11 is 0. The molecule has 0 atom stereocenters. The van der Waals surface area contributed by atoms with Gasteiger partial charge in [0.25, 0.3) is 0 Å². The van der Waals surface area contributed by atoms with Crippen LogP contribution in [0, 0.1) is 0 Å². The molecule has 3 heteroatoms. The quantitative estimate of drug-likeness (QED) is 0.803. The second kappa shape index (κ2) is 7.53. The molecule has 0 saturated heterocycles. The van der Waals surface area contributed by atoms with Crippen LogP contribution in [0.4, 0.5) is 5.69 Å². The molecule has 1 saturated carbocycles. The highest BCUT2D eigenvalue weighted by molar-refractivity contribution is 5.47. The Labute approximate surface area is 123 Å². The number of nitrogens with zero attached hydrogens (tertiary/aromatic N) is 1. The highest BCUT2D eigenvalue weighted by Crippen LogP contribution is 2.27. The molecule has 112 valence electrons. The molecule has 0 bridgehead atoms. The van der Waals surface area contributed by atoms with Crippen LogP contribution in [0.3, 0.4) is 0 Å². The first kappa shape index (κ1) is 15.2. The van der Waals surface area contributed by atoms with Crippen LogP contribution in [0.25, 0.3) is 0 Å². The lowest BCUT2D eigenvalue weighted by Gasteiger charge is -2.34. The van der Waals surface area contributed by atoms with Crippen LogP contribution in [-0.4, -0.2) is 24.1 Å². The summed E-state index contributed by atoms with van der Waals surface area (Å²) in [6, 6.07) is 6.72. The van der Waals surface area contributed by atoms with E-state index in [9.17, 15) is 0 Å². The van der Waals surface area contributed by atoms with Gasteiger partial charge in [-0.15, -0.1) is 0 Å². The Morgan fingerprint density at radius 2 is 1.95 bits per heavy atom. The Hall–Kier alpha value is -1.22. The van der Waals surface area contributed by atoms with E-state index >= 15 is 0 Å². The lowest BCUT2D eigenvalue weighted by molar-refractivity contribution is 0.154. The van der Waals surface area contributed by atoms with Gasteiger partial charge >= 0.3 is 0 Å². The van der Waals surface area contributed by atoms with E-state index in [1.165, 1.54) is 37.7 Å². The summed E-state index contributed by atoms with van der Waals surface area (Å²) in [6.07, 6.45) is 6.81. The third-order valence-electron chi connectivity index (χ3n) is 4.26. The molecule has 0 aliphatic heterocycles. The number of hydrogen-bond acceptors (Lipinski definition) is 3. The van der Waals surface area contributed by atoms with E-state index < -0.39 is 0 Å². The number of nitrogen functional groups attached to an aromatic ring is 1. The summed E-state index contributed by atoms with van der Waals surface area (Å²) in [5.74, 6) is 0.982. The van der Waals surface area contributed by atoms with E-state index in [0.717, 1.165) is 30.6 Å². The highest BCUT2D eigenvalue weighted by Gasteiger charge is 2.21. The summed E-state index contributed by atoms with van der Waals surface area (Å²) in [6.45, 7) is 7.01. The monoisotopic (exact) mass is 276 g/mol. The first-order chi connectivity index (χ1) is 9.74. The highest BCUT2D eigenvalue weighted by atomic mass is 16.5. The van der Waals surface area contributed by atoms with Gasteiger partial charge in [-0.2, -0.15) is 0 Å². The molecule has 0 aromatic heterocycles. The minimum Gasteiger partial charge on any atom is -0.494 e. The van der Waals surface area contributed by atoms with Gasteiger partial charge in [0.15, 0.2) is 0 Å². The van der Waals surface area contributed by atoms with Gasteiger partial charge in [-0.3, -0.25) is 4.90 Å². The third kappa shape index (κ3) is 3.89. The molecule has 1 fully saturated rings. The van der Waals surface area contributed by atoms with Crippen LogP contribution in [0.5, 0.6) is 5.75 Å². The van der Waals surface area contributed by atoms with Crippen molar-refractivity contribution in [1.29, 1.82) is 0 Å². The SMILES string of the molecule is CCOc1ccc(N)cc1CN(CC)C1CCCCC1. The van der Waals surface area contributed by atoms with Crippen molar-refractivity contribution in [3.05, 3.63) is 23.8 Å². The summed E-state index contributed by atoms with van der Waals surface area (Å²) in [4.78, 5) is 2.58. The molecule has 1 aliphatic carbocycles. The molecule has 0 radical (unpaired) electrons. The van der Waals surface area contributed by atoms with Crippen molar-refractivity contribution in [3.63, 3.8) is 0 Å². The lowest BCUT2D eigenvalue weighted by atomic mass is 9.94. The van der Waals surface area contributed by atoms with E-state index in [0.29, 0.717) is 6.61 Å². The summed E-state index contributed by atoms with van der Waals surface area (Å²) < 4.78 is 5.74. The first-order valence-electron chi connectivity index (χ1n) is 7.99. The van der Waals surface area contributed by atoms with E-state index in [4.69, 9.17) is 10.5 Å². The van der Waals surface area contributed by atoms with Crippen molar-refractivity contribution < 1.29 is 4.74 Å². The molecule has 0 amide bonds. The molecule has 0 spiro atoms. The molecule has 0 heterocycles. The van der Waals surface area contributed by atoms with Gasteiger partial charge < -0.3 is 10.5 Å². The Morgan fingerprint density at radius 3 is 2.60 bits per heavy atom. The average molecular weight is 276 g/mol. The van der Waals surface area contributed by atoms with Gasteiger partial charge in [-0.25, -0.2) is 0 Å². The number of rotatable bonds is 6. The molecule has 0 unspecified atom stereocenters. The number of hydrogen-bond donors (Lipinski definition) is 1. The molecule has 2 N–H and O–H groups in total. The number of ether oxygens (including phenoxy) is 1. The summed E-state index contributed by atoms with van der Waals surface area (Å²) in [7, 11) is 0. The molecule has 3 nitrogen and oxygen atoms in total. The van der Waals surface area contributed by atoms with Gasteiger partial charge in [-0.1, -0.05) is 26.2 Å². The van der Waals surface area contributed by atoms with Crippen molar-refractivity contribution in [3.8, 4) is 5.75 Å². The fourth-order valence-electron chi connectivity index (χ4n) is 3.18. The summed E-state index contributed by atoms with van der Waals surface area (Å²) in [5, 5.41) is 0. The van der Waals surface area contributed by atoms with Crippen LogP contribution in [-0.2, 0) is 6.54 Å². The average Bonchev–Trinajstić information content (AvgIpc) is 2.48. The molecule has 2 rings (SSSR count). The van der Waals surface area contributed by atoms with Crippen molar-refractivity contribution in [2.24, 2.45) is 0 Å². The molecule has 1 aromatic carbocycles. The molecule has 20 heavy (non-hydrogen) atoms. The van der Waals surface area contributed by atoms with Crippen molar-refractivity contribution >= 4 is 5.69 Å². The fraction of sp³-hybridized carbons (Fsp3) is 0.647. The van der Waals surface area contributed by atoms with Crippen LogP contribution in [0.1, 0.15) is 51.5 Å². The zero-order valence-corrected chi connectivity index (χ0v) is 12.9. The minimum atomic E-state index is 0.701.